The van der Waals surface area contributed by atoms with Crippen LogP contribution in [0.25, 0.3) is 5.57 Å². The van der Waals surface area contributed by atoms with E-state index in [0.29, 0.717) is 36.6 Å². The summed E-state index contributed by atoms with van der Waals surface area (Å²) < 4.78 is 10.7. The van der Waals surface area contributed by atoms with Crippen LogP contribution in [0.15, 0.2) is 42.5 Å². The molecule has 9 heteroatoms. The maximum absolute atomic E-state index is 12.8. The number of amides is 3. The van der Waals surface area contributed by atoms with Crippen LogP contribution in [0.4, 0.5) is 15.3 Å². The van der Waals surface area contributed by atoms with E-state index in [0.717, 1.165) is 16.0 Å². The van der Waals surface area contributed by atoms with Gasteiger partial charge in [0.1, 0.15) is 11.2 Å². The minimum absolute atomic E-state index is 0.183. The molecular formula is C29H41N3O5S. The van der Waals surface area contributed by atoms with Gasteiger partial charge in [0.25, 0.3) is 5.91 Å². The Morgan fingerprint density at radius 2 is 1.55 bits per heavy atom. The highest BCUT2D eigenvalue weighted by Gasteiger charge is 2.24. The molecule has 2 aromatic rings. The first-order valence-corrected chi connectivity index (χ1v) is 13.7. The summed E-state index contributed by atoms with van der Waals surface area (Å²) in [4.78, 5) is 40.1. The number of alkyl carbamates (subject to hydrolysis) is 1. The number of carbonyl (C=O) groups excluding carboxylic acids is 3. The summed E-state index contributed by atoms with van der Waals surface area (Å²) in [5.41, 5.74) is 1.62. The van der Waals surface area contributed by atoms with Gasteiger partial charge in [-0.25, -0.2) is 9.59 Å². The fourth-order valence-electron chi connectivity index (χ4n) is 3.40. The van der Waals surface area contributed by atoms with E-state index in [4.69, 9.17) is 9.47 Å². The van der Waals surface area contributed by atoms with Gasteiger partial charge in [-0.1, -0.05) is 32.1 Å². The van der Waals surface area contributed by atoms with Crippen molar-refractivity contribution >= 4 is 40.7 Å². The number of carbonyl (C=O) groups is 3. The van der Waals surface area contributed by atoms with E-state index >= 15 is 0 Å². The van der Waals surface area contributed by atoms with Crippen LogP contribution in [0.1, 0.15) is 81.9 Å². The maximum Gasteiger partial charge on any atom is 0.410 e. The molecule has 0 aliphatic carbocycles. The average Bonchev–Trinajstić information content (AvgIpc) is 3.33. The van der Waals surface area contributed by atoms with Gasteiger partial charge in [-0.15, -0.1) is 11.3 Å². The quantitative estimate of drug-likeness (QED) is 0.420. The zero-order valence-corrected chi connectivity index (χ0v) is 24.6. The predicted molar refractivity (Wildman–Crippen MR) is 154 cm³/mol. The Bertz CT molecular complexity index is 1120. The summed E-state index contributed by atoms with van der Waals surface area (Å²) in [5, 5.41) is 5.63. The Hall–Kier alpha value is -3.33. The number of benzene rings is 1. The Morgan fingerprint density at radius 1 is 0.921 bits per heavy atom. The van der Waals surface area contributed by atoms with Gasteiger partial charge < -0.3 is 25.0 Å². The lowest BCUT2D eigenvalue weighted by Gasteiger charge is -2.29. The first kappa shape index (κ1) is 30.9. The van der Waals surface area contributed by atoms with Gasteiger partial charge in [0.2, 0.25) is 0 Å². The number of nitrogens with zero attached hydrogens (tertiary/aromatic N) is 1. The summed E-state index contributed by atoms with van der Waals surface area (Å²) in [5.74, 6) is -0.183. The molecule has 1 aromatic carbocycles. The average molecular weight is 544 g/mol. The van der Waals surface area contributed by atoms with E-state index in [1.54, 1.807) is 17.0 Å². The van der Waals surface area contributed by atoms with Crippen molar-refractivity contribution in [1.29, 1.82) is 0 Å². The molecule has 3 rings (SSSR count). The first-order valence-electron chi connectivity index (χ1n) is 12.9. The van der Waals surface area contributed by atoms with E-state index in [1.807, 2.05) is 85.7 Å². The Morgan fingerprint density at radius 3 is 2.11 bits per heavy atom. The number of ether oxygens (including phenoxy) is 2. The number of thiophene rings is 1. The topological polar surface area (TPSA) is 97.0 Å². The predicted octanol–water partition coefficient (Wildman–Crippen LogP) is 7.08. The minimum atomic E-state index is -0.548. The van der Waals surface area contributed by atoms with Crippen LogP contribution in [0.3, 0.4) is 0 Å². The fraction of sp³-hybridized carbons (Fsp3) is 0.483. The van der Waals surface area contributed by atoms with Crippen LogP contribution >= 0.6 is 11.3 Å². The van der Waals surface area contributed by atoms with Gasteiger partial charge in [-0.05, 0) is 83.4 Å². The Kier molecular flexibility index (Phi) is 10.9. The minimum Gasteiger partial charge on any atom is -0.444 e. The summed E-state index contributed by atoms with van der Waals surface area (Å²) in [6.45, 7) is 16.4. The van der Waals surface area contributed by atoms with Gasteiger partial charge in [-0.3, -0.25) is 4.79 Å². The van der Waals surface area contributed by atoms with E-state index in [9.17, 15) is 14.4 Å². The second-order valence-electron chi connectivity index (χ2n) is 10.6. The molecule has 8 nitrogen and oxygen atoms in total. The summed E-state index contributed by atoms with van der Waals surface area (Å²) >= 11 is 1.43. The Labute approximate surface area is 230 Å². The second-order valence-corrected chi connectivity index (χ2v) is 11.7. The van der Waals surface area contributed by atoms with E-state index < -0.39 is 17.3 Å². The lowest BCUT2D eigenvalue weighted by molar-refractivity contribution is 0.0270. The fourth-order valence-corrected chi connectivity index (χ4v) is 4.37. The van der Waals surface area contributed by atoms with Crippen LogP contribution in [0.5, 0.6) is 0 Å². The molecule has 0 atom stereocenters. The van der Waals surface area contributed by atoms with Gasteiger partial charge in [0.05, 0.1) is 4.88 Å². The third-order valence-corrected chi connectivity index (χ3v) is 6.21. The van der Waals surface area contributed by atoms with Crippen LogP contribution in [-0.4, -0.2) is 47.3 Å². The van der Waals surface area contributed by atoms with Crippen molar-refractivity contribution in [3.63, 3.8) is 0 Å². The summed E-state index contributed by atoms with van der Waals surface area (Å²) in [6.07, 6.45) is 1.94. The number of rotatable bonds is 5. The van der Waals surface area contributed by atoms with Crippen molar-refractivity contribution in [3.05, 3.63) is 57.8 Å². The molecule has 0 bridgehead atoms. The van der Waals surface area contributed by atoms with E-state index in [2.05, 4.69) is 10.6 Å². The normalized spacial score (nSPS) is 13.5. The molecule has 2 N–H and O–H groups in total. The van der Waals surface area contributed by atoms with Crippen molar-refractivity contribution < 1.29 is 23.9 Å². The molecule has 0 radical (unpaired) electrons. The highest BCUT2D eigenvalue weighted by molar-refractivity contribution is 7.15. The standard InChI is InChI=1S/C27H35N3O5S.C2H6/c1-26(2,3)34-24(32)28-17-18-7-9-20(10-8-18)29-23(31)22-12-11-21(36-22)19-13-15-30(16-14-19)25(33)35-27(4,5)6;1-2/h7-13H,14-17H2,1-6H3,(H,28,32)(H,29,31);1-2H3. The van der Waals surface area contributed by atoms with Crippen LogP contribution in [-0.2, 0) is 16.0 Å². The largest absolute Gasteiger partial charge is 0.444 e. The number of hydrogen-bond acceptors (Lipinski definition) is 6. The molecule has 2 heterocycles. The van der Waals surface area contributed by atoms with Crippen molar-refractivity contribution in [2.75, 3.05) is 18.4 Å². The van der Waals surface area contributed by atoms with Crippen LogP contribution in [0.2, 0.25) is 0 Å². The lowest BCUT2D eigenvalue weighted by Crippen LogP contribution is -2.39. The maximum atomic E-state index is 12.8. The van der Waals surface area contributed by atoms with E-state index in [1.165, 1.54) is 11.3 Å². The van der Waals surface area contributed by atoms with Gasteiger partial charge in [0, 0.05) is 30.2 Å². The molecule has 3 amide bonds. The van der Waals surface area contributed by atoms with Crippen molar-refractivity contribution in [1.82, 2.24) is 10.2 Å². The molecular weight excluding hydrogens is 502 g/mol. The SMILES string of the molecule is CC.CC(C)(C)OC(=O)NCc1ccc(NC(=O)c2ccc(C3=CCN(C(=O)OC(C)(C)C)CC3)s2)cc1. The van der Waals surface area contributed by atoms with Crippen LogP contribution in [0, 0.1) is 0 Å². The van der Waals surface area contributed by atoms with E-state index in [-0.39, 0.29) is 12.0 Å². The third kappa shape index (κ3) is 10.2. The first-order chi connectivity index (χ1) is 17.8. The third-order valence-electron chi connectivity index (χ3n) is 5.05. The molecule has 1 aliphatic rings. The molecule has 0 saturated heterocycles. The number of hydrogen-bond donors (Lipinski definition) is 2. The Balaban J connectivity index is 0.00000247. The van der Waals surface area contributed by atoms with Gasteiger partial charge in [-0.2, -0.15) is 0 Å². The molecule has 0 fully saturated rings. The van der Waals surface area contributed by atoms with Crippen molar-refractivity contribution in [2.24, 2.45) is 0 Å². The molecule has 1 aromatic heterocycles. The molecule has 0 spiro atoms. The zero-order valence-electron chi connectivity index (χ0n) is 23.8. The number of anilines is 1. The zero-order chi connectivity index (χ0) is 28.5. The number of nitrogens with one attached hydrogen (secondary N) is 2. The smallest absolute Gasteiger partial charge is 0.410 e. The molecule has 0 unspecified atom stereocenters. The van der Waals surface area contributed by atoms with Crippen LogP contribution < -0.4 is 10.6 Å². The second kappa shape index (κ2) is 13.5. The summed E-state index contributed by atoms with van der Waals surface area (Å²) in [6, 6.07) is 11.0. The molecule has 1 aliphatic heterocycles. The molecule has 208 valence electrons. The molecule has 0 saturated carbocycles. The monoisotopic (exact) mass is 543 g/mol. The summed E-state index contributed by atoms with van der Waals surface area (Å²) in [7, 11) is 0. The molecule has 38 heavy (non-hydrogen) atoms. The van der Waals surface area contributed by atoms with Gasteiger partial charge >= 0.3 is 12.2 Å². The highest BCUT2D eigenvalue weighted by Crippen LogP contribution is 2.30. The van der Waals surface area contributed by atoms with Gasteiger partial charge in [0.15, 0.2) is 0 Å². The highest BCUT2D eigenvalue weighted by atomic mass is 32.1. The van der Waals surface area contributed by atoms with Crippen molar-refractivity contribution in [3.8, 4) is 0 Å². The lowest BCUT2D eigenvalue weighted by atomic mass is 10.1. The van der Waals surface area contributed by atoms with Crippen molar-refractivity contribution in [2.45, 2.75) is 79.6 Å².